The number of carbonyl (C=O) groups excluding carboxylic acids is 1. The van der Waals surface area contributed by atoms with Gasteiger partial charge in [0.15, 0.2) is 5.69 Å². The zero-order valence-corrected chi connectivity index (χ0v) is 18.3. The molecule has 0 bridgehead atoms. The van der Waals surface area contributed by atoms with Gasteiger partial charge in [-0.2, -0.15) is 5.10 Å². The fourth-order valence-electron chi connectivity index (χ4n) is 4.99. The second-order valence-corrected chi connectivity index (χ2v) is 8.26. The molecular weight excluding hydrogens is 409 g/mol. The summed E-state index contributed by atoms with van der Waals surface area (Å²) in [6.07, 6.45) is 4.28. The molecule has 5 rings (SSSR count). The van der Waals surface area contributed by atoms with Crippen molar-refractivity contribution in [1.29, 1.82) is 0 Å². The van der Waals surface area contributed by atoms with Gasteiger partial charge >= 0.3 is 0 Å². The van der Waals surface area contributed by atoms with Crippen molar-refractivity contribution in [2.75, 3.05) is 20.8 Å². The lowest BCUT2D eigenvalue weighted by molar-refractivity contribution is 0.0726. The van der Waals surface area contributed by atoms with Gasteiger partial charge in [0, 0.05) is 29.4 Å². The van der Waals surface area contributed by atoms with Crippen LogP contribution in [0.3, 0.4) is 0 Å². The van der Waals surface area contributed by atoms with Crippen LogP contribution in [0.1, 0.15) is 52.6 Å². The number of amides is 1. The minimum absolute atomic E-state index is 0.0981. The van der Waals surface area contributed by atoms with Crippen molar-refractivity contribution in [1.82, 2.24) is 14.7 Å². The van der Waals surface area contributed by atoms with Crippen LogP contribution < -0.4 is 9.47 Å². The van der Waals surface area contributed by atoms with Gasteiger partial charge in [-0.05, 0) is 56.4 Å². The summed E-state index contributed by atoms with van der Waals surface area (Å²) in [7, 11) is 3.24. The SMILES string of the molecule is COc1ccc(C2CCCN2C(=O)c2nn(-c3ccccc3F)c3c2CCC3)c(OC)c1. The van der Waals surface area contributed by atoms with Gasteiger partial charge in [-0.1, -0.05) is 12.1 Å². The van der Waals surface area contributed by atoms with E-state index in [1.54, 1.807) is 37.1 Å². The summed E-state index contributed by atoms with van der Waals surface area (Å²) in [6, 6.07) is 12.2. The molecule has 1 saturated heterocycles. The fourth-order valence-corrected chi connectivity index (χ4v) is 4.99. The van der Waals surface area contributed by atoms with Gasteiger partial charge in [0.2, 0.25) is 0 Å². The fraction of sp³-hybridized carbons (Fsp3) is 0.360. The van der Waals surface area contributed by atoms with Gasteiger partial charge in [-0.25, -0.2) is 9.07 Å². The van der Waals surface area contributed by atoms with Crippen molar-refractivity contribution in [3.8, 4) is 17.2 Å². The van der Waals surface area contributed by atoms with Crippen molar-refractivity contribution in [3.63, 3.8) is 0 Å². The van der Waals surface area contributed by atoms with Crippen LogP contribution in [0.5, 0.6) is 11.5 Å². The average Bonchev–Trinajstić information content (AvgIpc) is 3.55. The predicted molar refractivity (Wildman–Crippen MR) is 118 cm³/mol. The van der Waals surface area contributed by atoms with Crippen LogP contribution in [0, 0.1) is 5.82 Å². The van der Waals surface area contributed by atoms with Gasteiger partial charge in [-0.3, -0.25) is 4.79 Å². The number of nitrogens with zero attached hydrogens (tertiary/aromatic N) is 3. The zero-order valence-electron chi connectivity index (χ0n) is 18.3. The molecule has 7 heteroatoms. The Hall–Kier alpha value is -3.35. The third kappa shape index (κ3) is 3.32. The number of carbonyl (C=O) groups is 1. The third-order valence-electron chi connectivity index (χ3n) is 6.53. The van der Waals surface area contributed by atoms with Gasteiger partial charge in [-0.15, -0.1) is 0 Å². The molecule has 1 amide bonds. The Morgan fingerprint density at radius 1 is 1.09 bits per heavy atom. The number of hydrogen-bond donors (Lipinski definition) is 0. The number of hydrogen-bond acceptors (Lipinski definition) is 4. The van der Waals surface area contributed by atoms with Crippen molar-refractivity contribution in [2.45, 2.75) is 38.1 Å². The van der Waals surface area contributed by atoms with Crippen LogP contribution in [0.4, 0.5) is 4.39 Å². The van der Waals surface area contributed by atoms with Crippen molar-refractivity contribution >= 4 is 5.91 Å². The summed E-state index contributed by atoms with van der Waals surface area (Å²) >= 11 is 0. The highest BCUT2D eigenvalue weighted by Crippen LogP contribution is 2.40. The molecule has 2 heterocycles. The maximum atomic E-state index is 14.5. The molecule has 1 atom stereocenters. The number of rotatable bonds is 5. The highest BCUT2D eigenvalue weighted by molar-refractivity contribution is 5.95. The Balaban J connectivity index is 1.52. The van der Waals surface area contributed by atoms with Gasteiger partial charge in [0.05, 0.1) is 20.3 Å². The predicted octanol–water partition coefficient (Wildman–Crippen LogP) is 4.49. The molecule has 0 spiro atoms. The number of aromatic nitrogens is 2. The number of likely N-dealkylation sites (tertiary alicyclic amines) is 1. The first kappa shape index (κ1) is 20.5. The summed E-state index contributed by atoms with van der Waals surface area (Å²) in [5.74, 6) is 0.975. The second-order valence-electron chi connectivity index (χ2n) is 8.26. The van der Waals surface area contributed by atoms with Crippen LogP contribution >= 0.6 is 0 Å². The van der Waals surface area contributed by atoms with E-state index in [2.05, 4.69) is 5.10 Å². The molecule has 0 radical (unpaired) electrons. The monoisotopic (exact) mass is 435 g/mol. The Morgan fingerprint density at radius 3 is 2.72 bits per heavy atom. The van der Waals surface area contributed by atoms with E-state index in [1.165, 1.54) is 6.07 Å². The molecule has 32 heavy (non-hydrogen) atoms. The third-order valence-corrected chi connectivity index (χ3v) is 6.53. The normalized spacial score (nSPS) is 17.5. The van der Waals surface area contributed by atoms with Crippen molar-refractivity contribution in [3.05, 3.63) is 70.8 Å². The molecule has 1 unspecified atom stereocenters. The van der Waals surface area contributed by atoms with Crippen LogP contribution in [0.15, 0.2) is 42.5 Å². The van der Waals surface area contributed by atoms with E-state index in [0.29, 0.717) is 29.4 Å². The van der Waals surface area contributed by atoms with Crippen molar-refractivity contribution in [2.24, 2.45) is 0 Å². The maximum absolute atomic E-state index is 14.5. The molecule has 0 saturated carbocycles. The summed E-state index contributed by atoms with van der Waals surface area (Å²) in [4.78, 5) is 15.6. The topological polar surface area (TPSA) is 56.6 Å². The molecule has 0 N–H and O–H groups in total. The first-order chi connectivity index (χ1) is 15.6. The number of benzene rings is 2. The standard InChI is InChI=1S/C25H26FN3O3/c1-31-16-12-13-17(23(15-16)32-2)20-11-6-14-28(20)25(30)24-18-7-5-10-21(18)29(27-24)22-9-4-3-8-19(22)26/h3-4,8-9,12-13,15,20H,5-7,10-11,14H2,1-2H3. The highest BCUT2D eigenvalue weighted by Gasteiger charge is 2.36. The Labute approximate surface area is 186 Å². The van der Waals surface area contributed by atoms with E-state index in [4.69, 9.17) is 9.47 Å². The van der Waals surface area contributed by atoms with Crippen LogP contribution in [0.25, 0.3) is 5.69 Å². The van der Waals surface area contributed by atoms with E-state index < -0.39 is 0 Å². The Morgan fingerprint density at radius 2 is 1.94 bits per heavy atom. The average molecular weight is 435 g/mol. The highest BCUT2D eigenvalue weighted by atomic mass is 19.1. The Bertz CT molecular complexity index is 1170. The van der Waals surface area contributed by atoms with E-state index in [0.717, 1.165) is 48.9 Å². The van der Waals surface area contributed by atoms with Gasteiger partial charge in [0.1, 0.15) is 23.0 Å². The largest absolute Gasteiger partial charge is 0.497 e. The summed E-state index contributed by atoms with van der Waals surface area (Å²) in [6.45, 7) is 0.653. The van der Waals surface area contributed by atoms with Gasteiger partial charge < -0.3 is 14.4 Å². The number of ether oxygens (including phenoxy) is 2. The Kier molecular flexibility index (Phi) is 5.33. The molecule has 1 aromatic heterocycles. The minimum Gasteiger partial charge on any atom is -0.497 e. The van der Waals surface area contributed by atoms with Crippen LogP contribution in [0.2, 0.25) is 0 Å². The molecule has 1 aliphatic heterocycles. The number of methoxy groups -OCH3 is 2. The molecule has 6 nitrogen and oxygen atoms in total. The summed E-state index contributed by atoms with van der Waals surface area (Å²) in [5.41, 5.74) is 3.69. The smallest absolute Gasteiger partial charge is 0.275 e. The molecule has 166 valence electrons. The van der Waals surface area contributed by atoms with E-state index >= 15 is 0 Å². The molecule has 2 aliphatic rings. The first-order valence-electron chi connectivity index (χ1n) is 11.0. The maximum Gasteiger partial charge on any atom is 0.275 e. The van der Waals surface area contributed by atoms with Crippen LogP contribution in [-0.2, 0) is 12.8 Å². The molecule has 1 fully saturated rings. The van der Waals surface area contributed by atoms with Gasteiger partial charge in [0.25, 0.3) is 5.91 Å². The lowest BCUT2D eigenvalue weighted by atomic mass is 10.0. The van der Waals surface area contributed by atoms with E-state index in [1.807, 2.05) is 23.1 Å². The molecule has 1 aliphatic carbocycles. The van der Waals surface area contributed by atoms with Crippen LogP contribution in [-0.4, -0.2) is 41.4 Å². The lowest BCUT2D eigenvalue weighted by Crippen LogP contribution is -2.31. The number of fused-ring (bicyclic) bond motifs is 1. The number of para-hydroxylation sites is 1. The van der Waals surface area contributed by atoms with Crippen molar-refractivity contribution < 1.29 is 18.7 Å². The van der Waals surface area contributed by atoms with E-state index in [-0.39, 0.29) is 17.8 Å². The number of halogens is 1. The molecule has 2 aromatic carbocycles. The lowest BCUT2D eigenvalue weighted by Gasteiger charge is -2.26. The molecular formula is C25H26FN3O3. The second kappa shape index (κ2) is 8.30. The summed E-state index contributed by atoms with van der Waals surface area (Å²) in [5, 5.41) is 4.64. The zero-order chi connectivity index (χ0) is 22.2. The first-order valence-corrected chi connectivity index (χ1v) is 11.0. The molecule has 3 aromatic rings. The quantitative estimate of drug-likeness (QED) is 0.592. The van der Waals surface area contributed by atoms with E-state index in [9.17, 15) is 9.18 Å². The summed E-state index contributed by atoms with van der Waals surface area (Å²) < 4.78 is 27.1. The minimum atomic E-state index is -0.342.